The minimum absolute atomic E-state index is 0.147. The molecule has 1 saturated heterocycles. The molecule has 1 aliphatic heterocycles. The maximum absolute atomic E-state index is 12.9. The molecule has 1 atom stereocenters. The third kappa shape index (κ3) is 2.80. The Morgan fingerprint density at radius 2 is 1.90 bits per heavy atom. The van der Waals surface area contributed by atoms with Gasteiger partial charge in [-0.2, -0.15) is 0 Å². The van der Waals surface area contributed by atoms with Gasteiger partial charge in [-0.3, -0.25) is 4.79 Å². The number of ether oxygens (including phenoxy) is 1. The minimum Gasteiger partial charge on any atom is -0.367 e. The Labute approximate surface area is 122 Å². The van der Waals surface area contributed by atoms with Gasteiger partial charge in [0.1, 0.15) is 5.60 Å². The molecule has 0 spiro atoms. The second kappa shape index (κ2) is 5.69. The van der Waals surface area contributed by atoms with Crippen molar-refractivity contribution in [2.75, 3.05) is 6.61 Å². The second-order valence-corrected chi connectivity index (χ2v) is 6.67. The molecule has 0 radical (unpaired) electrons. The zero-order chi connectivity index (χ0) is 14.9. The van der Waals surface area contributed by atoms with Crippen molar-refractivity contribution in [1.82, 2.24) is 0 Å². The van der Waals surface area contributed by atoms with E-state index in [1.54, 1.807) is 0 Å². The molecule has 0 N–H and O–H groups in total. The molecular formula is C18H26O2. The molecule has 110 valence electrons. The van der Waals surface area contributed by atoms with Crippen LogP contribution in [-0.2, 0) is 4.74 Å². The molecule has 20 heavy (non-hydrogen) atoms. The van der Waals surface area contributed by atoms with Crippen LogP contribution < -0.4 is 0 Å². The monoisotopic (exact) mass is 274 g/mol. The number of rotatable bonds is 4. The van der Waals surface area contributed by atoms with Crippen LogP contribution in [0, 0.1) is 0 Å². The lowest BCUT2D eigenvalue weighted by Gasteiger charge is -2.24. The summed E-state index contributed by atoms with van der Waals surface area (Å²) in [4.78, 5) is 12.9. The molecule has 0 bridgehead atoms. The summed E-state index contributed by atoms with van der Waals surface area (Å²) >= 11 is 0. The number of carbonyl (C=O) groups is 1. The van der Waals surface area contributed by atoms with E-state index in [-0.39, 0.29) is 5.78 Å². The quantitative estimate of drug-likeness (QED) is 0.745. The topological polar surface area (TPSA) is 26.3 Å². The van der Waals surface area contributed by atoms with Crippen LogP contribution in [0.15, 0.2) is 18.2 Å². The molecule has 2 nitrogen and oxygen atoms in total. The van der Waals surface area contributed by atoms with Gasteiger partial charge in [0.15, 0.2) is 5.78 Å². The van der Waals surface area contributed by atoms with Gasteiger partial charge in [-0.15, -0.1) is 0 Å². The Balaban J connectivity index is 2.43. The lowest BCUT2D eigenvalue weighted by atomic mass is 9.84. The summed E-state index contributed by atoms with van der Waals surface area (Å²) in [6.45, 7) is 11.3. The number of hydrogen-bond acceptors (Lipinski definition) is 2. The van der Waals surface area contributed by atoms with Crippen molar-refractivity contribution in [3.63, 3.8) is 0 Å². The van der Waals surface area contributed by atoms with Crippen LogP contribution >= 0.6 is 0 Å². The van der Waals surface area contributed by atoms with Crippen molar-refractivity contribution in [2.24, 2.45) is 0 Å². The Bertz CT molecular complexity index is 494. The summed E-state index contributed by atoms with van der Waals surface area (Å²) in [6, 6.07) is 6.28. The molecule has 0 amide bonds. The number of hydrogen-bond donors (Lipinski definition) is 0. The Morgan fingerprint density at radius 1 is 1.20 bits per heavy atom. The minimum atomic E-state index is -0.622. The molecule has 0 saturated carbocycles. The highest BCUT2D eigenvalue weighted by atomic mass is 16.5. The van der Waals surface area contributed by atoms with Gasteiger partial charge < -0.3 is 4.74 Å². The average Bonchev–Trinajstić information content (AvgIpc) is 2.85. The van der Waals surface area contributed by atoms with Gasteiger partial charge in [0.25, 0.3) is 0 Å². The van der Waals surface area contributed by atoms with Gasteiger partial charge in [0.05, 0.1) is 0 Å². The SMILES string of the molecule is CC(C)c1ccc(C(=O)C2(C)CCCO2)c(C(C)C)c1. The highest BCUT2D eigenvalue weighted by Gasteiger charge is 2.39. The van der Waals surface area contributed by atoms with Gasteiger partial charge in [-0.05, 0) is 42.7 Å². The van der Waals surface area contributed by atoms with E-state index in [0.29, 0.717) is 18.4 Å². The van der Waals surface area contributed by atoms with E-state index in [1.165, 1.54) is 5.56 Å². The highest BCUT2D eigenvalue weighted by Crippen LogP contribution is 2.33. The van der Waals surface area contributed by atoms with Crippen molar-refractivity contribution in [2.45, 2.75) is 64.9 Å². The molecule has 0 aliphatic carbocycles. The molecule has 1 aromatic rings. The zero-order valence-electron chi connectivity index (χ0n) is 13.3. The fraction of sp³-hybridized carbons (Fsp3) is 0.611. The molecule has 1 fully saturated rings. The lowest BCUT2D eigenvalue weighted by molar-refractivity contribution is 0.0212. The van der Waals surface area contributed by atoms with Crippen molar-refractivity contribution in [1.29, 1.82) is 0 Å². The van der Waals surface area contributed by atoms with E-state index < -0.39 is 5.60 Å². The predicted octanol–water partition coefficient (Wildman–Crippen LogP) is 4.69. The Hall–Kier alpha value is -1.15. The molecule has 1 aliphatic rings. The van der Waals surface area contributed by atoms with Gasteiger partial charge in [0, 0.05) is 12.2 Å². The average molecular weight is 274 g/mol. The Kier molecular flexibility index (Phi) is 4.33. The van der Waals surface area contributed by atoms with Crippen LogP contribution in [0.2, 0.25) is 0 Å². The standard InChI is InChI=1S/C18H26O2/c1-12(2)14-7-8-15(16(11-14)13(3)4)17(19)18(5)9-6-10-20-18/h7-8,11-13H,6,9-10H2,1-5H3. The molecule has 1 aromatic carbocycles. The largest absolute Gasteiger partial charge is 0.367 e. The van der Waals surface area contributed by atoms with Crippen LogP contribution in [0.5, 0.6) is 0 Å². The summed E-state index contributed by atoms with van der Waals surface area (Å²) in [5.41, 5.74) is 2.66. The molecule has 1 unspecified atom stereocenters. The zero-order valence-corrected chi connectivity index (χ0v) is 13.3. The summed E-state index contributed by atoms with van der Waals surface area (Å²) < 4.78 is 5.72. The number of ketones is 1. The first-order chi connectivity index (χ1) is 9.35. The van der Waals surface area contributed by atoms with E-state index >= 15 is 0 Å². The normalized spacial score (nSPS) is 22.8. The van der Waals surface area contributed by atoms with E-state index in [0.717, 1.165) is 24.0 Å². The number of carbonyl (C=O) groups excluding carboxylic acids is 1. The van der Waals surface area contributed by atoms with Crippen LogP contribution in [0.25, 0.3) is 0 Å². The fourth-order valence-corrected chi connectivity index (χ4v) is 2.87. The van der Waals surface area contributed by atoms with Crippen LogP contribution in [0.1, 0.15) is 80.8 Å². The Morgan fingerprint density at radius 3 is 2.40 bits per heavy atom. The summed E-state index contributed by atoms with van der Waals surface area (Å²) in [5, 5.41) is 0. The highest BCUT2D eigenvalue weighted by molar-refractivity contribution is 6.03. The first-order valence-electron chi connectivity index (χ1n) is 7.68. The van der Waals surface area contributed by atoms with Gasteiger partial charge >= 0.3 is 0 Å². The van der Waals surface area contributed by atoms with E-state index in [2.05, 4.69) is 39.8 Å². The molecule has 0 aromatic heterocycles. The van der Waals surface area contributed by atoms with Crippen LogP contribution in [-0.4, -0.2) is 18.0 Å². The third-order valence-electron chi connectivity index (χ3n) is 4.31. The maximum Gasteiger partial charge on any atom is 0.194 e. The molecule has 2 heteroatoms. The van der Waals surface area contributed by atoms with E-state index in [1.807, 2.05) is 13.0 Å². The summed E-state index contributed by atoms with van der Waals surface area (Å²) in [6.07, 6.45) is 1.80. The third-order valence-corrected chi connectivity index (χ3v) is 4.31. The lowest BCUT2D eigenvalue weighted by Crippen LogP contribution is -2.35. The summed E-state index contributed by atoms with van der Waals surface area (Å²) in [7, 11) is 0. The van der Waals surface area contributed by atoms with Gasteiger partial charge in [-0.25, -0.2) is 0 Å². The van der Waals surface area contributed by atoms with Crippen molar-refractivity contribution in [3.8, 4) is 0 Å². The van der Waals surface area contributed by atoms with Crippen LogP contribution in [0.4, 0.5) is 0 Å². The summed E-state index contributed by atoms with van der Waals surface area (Å²) in [5.74, 6) is 0.974. The van der Waals surface area contributed by atoms with Crippen LogP contribution in [0.3, 0.4) is 0 Å². The van der Waals surface area contributed by atoms with E-state index in [9.17, 15) is 4.79 Å². The first kappa shape index (κ1) is 15.2. The van der Waals surface area contributed by atoms with Crippen molar-refractivity contribution in [3.05, 3.63) is 34.9 Å². The van der Waals surface area contributed by atoms with Gasteiger partial charge in [-0.1, -0.05) is 45.9 Å². The first-order valence-corrected chi connectivity index (χ1v) is 7.68. The van der Waals surface area contributed by atoms with E-state index in [4.69, 9.17) is 4.74 Å². The van der Waals surface area contributed by atoms with Crippen molar-refractivity contribution < 1.29 is 9.53 Å². The smallest absolute Gasteiger partial charge is 0.194 e. The predicted molar refractivity (Wildman–Crippen MR) is 82.5 cm³/mol. The van der Waals surface area contributed by atoms with Crippen molar-refractivity contribution >= 4 is 5.78 Å². The second-order valence-electron chi connectivity index (χ2n) is 6.67. The number of Topliss-reactive ketones (excluding diaryl/α,β-unsaturated/α-hetero) is 1. The molecule has 1 heterocycles. The number of benzene rings is 1. The molecule has 2 rings (SSSR count). The van der Waals surface area contributed by atoms with Gasteiger partial charge in [0.2, 0.25) is 0 Å². The maximum atomic E-state index is 12.9. The fourth-order valence-electron chi connectivity index (χ4n) is 2.87. The molecular weight excluding hydrogens is 248 g/mol.